The molecule has 2 rings (SSSR count). The fourth-order valence-electron chi connectivity index (χ4n) is 2.09. The number of hydrogen-bond acceptors (Lipinski definition) is 2. The molecular weight excluding hydrogens is 222 g/mol. The van der Waals surface area contributed by atoms with E-state index in [1.165, 1.54) is 24.9 Å². The molecule has 0 atom stereocenters. The average Bonchev–Trinajstić information content (AvgIpc) is 3.15. The molecular formula is C16H21NO. The maximum Gasteiger partial charge on any atom is 0.0540 e. The number of benzene rings is 1. The summed E-state index contributed by atoms with van der Waals surface area (Å²) >= 11 is 0. The third-order valence-electron chi connectivity index (χ3n) is 3.18. The van der Waals surface area contributed by atoms with Crippen LogP contribution in [0.25, 0.3) is 0 Å². The van der Waals surface area contributed by atoms with E-state index in [2.05, 4.69) is 42.0 Å². The summed E-state index contributed by atoms with van der Waals surface area (Å²) in [6.07, 6.45) is 3.33. The van der Waals surface area contributed by atoms with Crippen LogP contribution in [0.1, 0.15) is 30.4 Å². The Labute approximate surface area is 110 Å². The van der Waals surface area contributed by atoms with E-state index < -0.39 is 0 Å². The Hall–Kier alpha value is -1.30. The lowest BCUT2D eigenvalue weighted by molar-refractivity contribution is 0.305. The van der Waals surface area contributed by atoms with Gasteiger partial charge in [0.2, 0.25) is 0 Å². The fourth-order valence-corrected chi connectivity index (χ4v) is 2.09. The van der Waals surface area contributed by atoms with E-state index in [-0.39, 0.29) is 6.61 Å². The molecule has 0 bridgehead atoms. The van der Waals surface area contributed by atoms with Crippen molar-refractivity contribution in [1.82, 2.24) is 4.90 Å². The second kappa shape index (κ2) is 6.58. The molecule has 2 nitrogen and oxygen atoms in total. The van der Waals surface area contributed by atoms with E-state index in [4.69, 9.17) is 5.11 Å². The first-order valence-electron chi connectivity index (χ1n) is 6.66. The van der Waals surface area contributed by atoms with Gasteiger partial charge >= 0.3 is 0 Å². The van der Waals surface area contributed by atoms with Crippen LogP contribution in [-0.4, -0.2) is 30.2 Å². The second-order valence-corrected chi connectivity index (χ2v) is 5.07. The number of nitrogens with zero attached hydrogens (tertiary/aromatic N) is 1. The van der Waals surface area contributed by atoms with Gasteiger partial charge in [-0.2, -0.15) is 0 Å². The highest BCUT2D eigenvalue weighted by atomic mass is 16.2. The zero-order valence-corrected chi connectivity index (χ0v) is 11.0. The van der Waals surface area contributed by atoms with Crippen molar-refractivity contribution in [2.45, 2.75) is 25.8 Å². The van der Waals surface area contributed by atoms with Crippen LogP contribution < -0.4 is 0 Å². The molecule has 1 fully saturated rings. The largest absolute Gasteiger partial charge is 0.395 e. The Balaban J connectivity index is 1.99. The lowest BCUT2D eigenvalue weighted by atomic mass is 10.1. The Bertz CT molecular complexity index is 440. The summed E-state index contributed by atoms with van der Waals surface area (Å²) in [5, 5.41) is 8.75. The van der Waals surface area contributed by atoms with Crippen molar-refractivity contribution < 1.29 is 5.11 Å². The summed E-state index contributed by atoms with van der Waals surface area (Å²) in [6, 6.07) is 8.29. The Kier molecular flexibility index (Phi) is 4.81. The van der Waals surface area contributed by atoms with Crippen molar-refractivity contribution in [3.05, 3.63) is 35.4 Å². The minimum atomic E-state index is 0.136. The van der Waals surface area contributed by atoms with Crippen LogP contribution in [0.5, 0.6) is 0 Å². The number of aliphatic hydroxyl groups is 1. The van der Waals surface area contributed by atoms with E-state index in [1.807, 2.05) is 6.07 Å². The standard InChI is InChI=1S/C16H21NO/c1-17(12-14-9-10-14)13-16-8-3-2-6-15(16)7-4-5-11-18/h2-3,6,8,14,18H,5,9-13H2,1H3. The number of hydrogen-bond donors (Lipinski definition) is 1. The van der Waals surface area contributed by atoms with Crippen LogP contribution in [0.2, 0.25) is 0 Å². The quantitative estimate of drug-likeness (QED) is 0.802. The smallest absolute Gasteiger partial charge is 0.0540 e. The first-order valence-corrected chi connectivity index (χ1v) is 6.66. The second-order valence-electron chi connectivity index (χ2n) is 5.07. The highest BCUT2D eigenvalue weighted by Crippen LogP contribution is 2.29. The van der Waals surface area contributed by atoms with Gasteiger partial charge in [0, 0.05) is 25.1 Å². The maximum absolute atomic E-state index is 8.75. The summed E-state index contributed by atoms with van der Waals surface area (Å²) < 4.78 is 0. The van der Waals surface area contributed by atoms with Crippen LogP contribution in [-0.2, 0) is 6.54 Å². The van der Waals surface area contributed by atoms with Crippen LogP contribution >= 0.6 is 0 Å². The van der Waals surface area contributed by atoms with E-state index in [0.29, 0.717) is 6.42 Å². The summed E-state index contributed by atoms with van der Waals surface area (Å²) in [6.45, 7) is 2.29. The summed E-state index contributed by atoms with van der Waals surface area (Å²) in [7, 11) is 2.18. The molecule has 18 heavy (non-hydrogen) atoms. The summed E-state index contributed by atoms with van der Waals surface area (Å²) in [4.78, 5) is 2.38. The van der Waals surface area contributed by atoms with Crippen LogP contribution in [0.3, 0.4) is 0 Å². The van der Waals surface area contributed by atoms with Crippen LogP contribution in [0, 0.1) is 17.8 Å². The third kappa shape index (κ3) is 4.18. The zero-order valence-electron chi connectivity index (χ0n) is 11.0. The molecule has 0 spiro atoms. The number of rotatable bonds is 5. The highest BCUT2D eigenvalue weighted by Gasteiger charge is 2.22. The molecule has 0 radical (unpaired) electrons. The maximum atomic E-state index is 8.75. The minimum absolute atomic E-state index is 0.136. The normalized spacial score (nSPS) is 14.4. The van der Waals surface area contributed by atoms with Crippen molar-refractivity contribution in [3.63, 3.8) is 0 Å². The first kappa shape index (κ1) is 13.1. The van der Waals surface area contributed by atoms with Gasteiger partial charge in [-0.25, -0.2) is 0 Å². The van der Waals surface area contributed by atoms with Crippen molar-refractivity contribution >= 4 is 0 Å². The molecule has 1 saturated carbocycles. The minimum Gasteiger partial charge on any atom is -0.395 e. The highest BCUT2D eigenvalue weighted by molar-refractivity contribution is 5.41. The molecule has 0 amide bonds. The lowest BCUT2D eigenvalue weighted by Gasteiger charge is -2.17. The third-order valence-corrected chi connectivity index (χ3v) is 3.18. The van der Waals surface area contributed by atoms with E-state index in [1.54, 1.807) is 0 Å². The molecule has 0 aromatic heterocycles. The van der Waals surface area contributed by atoms with Crippen molar-refractivity contribution in [2.75, 3.05) is 20.2 Å². The van der Waals surface area contributed by atoms with Crippen LogP contribution in [0.15, 0.2) is 24.3 Å². The number of aliphatic hydroxyl groups excluding tert-OH is 1. The first-order chi connectivity index (χ1) is 8.79. The van der Waals surface area contributed by atoms with Gasteiger partial charge in [-0.1, -0.05) is 30.0 Å². The van der Waals surface area contributed by atoms with E-state index >= 15 is 0 Å². The Morgan fingerprint density at radius 2 is 2.11 bits per heavy atom. The Morgan fingerprint density at radius 1 is 1.33 bits per heavy atom. The van der Waals surface area contributed by atoms with Gasteiger partial charge in [0.15, 0.2) is 0 Å². The summed E-state index contributed by atoms with van der Waals surface area (Å²) in [5.41, 5.74) is 2.37. The molecule has 1 aliphatic carbocycles. The van der Waals surface area contributed by atoms with Gasteiger partial charge in [0.25, 0.3) is 0 Å². The monoisotopic (exact) mass is 243 g/mol. The van der Waals surface area contributed by atoms with Gasteiger partial charge in [0.1, 0.15) is 0 Å². The molecule has 1 aromatic carbocycles. The SMILES string of the molecule is CN(Cc1ccccc1C#CCCO)CC1CC1. The van der Waals surface area contributed by atoms with Crippen LogP contribution in [0.4, 0.5) is 0 Å². The predicted octanol–water partition coefficient (Wildman–Crippen LogP) is 2.26. The molecule has 0 aliphatic heterocycles. The van der Waals surface area contributed by atoms with E-state index in [9.17, 15) is 0 Å². The molecule has 0 unspecified atom stereocenters. The summed E-state index contributed by atoms with van der Waals surface area (Å²) in [5.74, 6) is 7.07. The lowest BCUT2D eigenvalue weighted by Crippen LogP contribution is -2.20. The molecule has 1 aromatic rings. The van der Waals surface area contributed by atoms with Crippen molar-refractivity contribution in [2.24, 2.45) is 5.92 Å². The van der Waals surface area contributed by atoms with Gasteiger partial charge < -0.3 is 10.0 Å². The molecule has 1 N–H and O–H groups in total. The van der Waals surface area contributed by atoms with Crippen molar-refractivity contribution in [3.8, 4) is 11.8 Å². The topological polar surface area (TPSA) is 23.5 Å². The fraction of sp³-hybridized carbons (Fsp3) is 0.500. The Morgan fingerprint density at radius 3 is 2.83 bits per heavy atom. The zero-order chi connectivity index (χ0) is 12.8. The average molecular weight is 243 g/mol. The van der Waals surface area contributed by atoms with Gasteiger partial charge in [-0.05, 0) is 37.4 Å². The van der Waals surface area contributed by atoms with Gasteiger partial charge in [0.05, 0.1) is 6.61 Å². The van der Waals surface area contributed by atoms with Gasteiger partial charge in [-0.15, -0.1) is 0 Å². The van der Waals surface area contributed by atoms with Gasteiger partial charge in [-0.3, -0.25) is 0 Å². The molecule has 1 aliphatic rings. The molecule has 96 valence electrons. The molecule has 0 heterocycles. The predicted molar refractivity (Wildman–Crippen MR) is 74.1 cm³/mol. The van der Waals surface area contributed by atoms with Crippen molar-refractivity contribution in [1.29, 1.82) is 0 Å². The molecule has 2 heteroatoms. The van der Waals surface area contributed by atoms with E-state index in [0.717, 1.165) is 18.0 Å². The molecule has 0 saturated heterocycles.